The molecule has 10 heteroatoms. The molecule has 0 radical (unpaired) electrons. The molecule has 0 N–H and O–H groups in total. The van der Waals surface area contributed by atoms with Crippen LogP contribution in [0.2, 0.25) is 0 Å². The van der Waals surface area contributed by atoms with Crippen LogP contribution in [-0.2, 0) is 47.7 Å². The highest BCUT2D eigenvalue weighted by Gasteiger charge is 2.08. The van der Waals surface area contributed by atoms with E-state index in [0.29, 0.717) is 60.9 Å². The number of unbranched alkanes of at least 4 members (excludes halogenated alkanes) is 70. The maximum Gasteiger partial charge on any atom is 0.333 e. The summed E-state index contributed by atoms with van der Waals surface area (Å²) >= 11 is 0. The van der Waals surface area contributed by atoms with Crippen LogP contribution < -0.4 is 0 Å². The van der Waals surface area contributed by atoms with Crippen LogP contribution in [-0.4, -0.2) is 62.9 Å². The molecular formula is C105H200O10. The normalized spacial score (nSPS) is 10.7. The van der Waals surface area contributed by atoms with Crippen LogP contribution in [0, 0.1) is 0 Å². The van der Waals surface area contributed by atoms with Gasteiger partial charge in [0.05, 0.1) is 33.0 Å². The van der Waals surface area contributed by atoms with E-state index in [1.807, 2.05) is 0 Å². The van der Waals surface area contributed by atoms with Gasteiger partial charge in [0, 0.05) is 27.9 Å². The van der Waals surface area contributed by atoms with Crippen molar-refractivity contribution in [2.75, 3.05) is 33.0 Å². The van der Waals surface area contributed by atoms with E-state index in [1.165, 1.54) is 449 Å². The second-order valence-electron chi connectivity index (χ2n) is 34.3. The van der Waals surface area contributed by atoms with Gasteiger partial charge < -0.3 is 23.7 Å². The third-order valence-electron chi connectivity index (χ3n) is 21.6. The summed E-state index contributed by atoms with van der Waals surface area (Å²) < 4.78 is 25.4. The molecule has 0 amide bonds. The lowest BCUT2D eigenvalue weighted by Crippen LogP contribution is -2.05. The number of carbonyl (C=O) groups excluding carboxylic acids is 5. The summed E-state index contributed by atoms with van der Waals surface area (Å²) in [7, 11) is 0. The molecule has 0 unspecified atom stereocenters. The van der Waals surface area contributed by atoms with Crippen LogP contribution in [0.3, 0.4) is 0 Å². The molecule has 0 spiro atoms. The van der Waals surface area contributed by atoms with Gasteiger partial charge in [-0.2, -0.15) is 0 Å². The summed E-state index contributed by atoms with van der Waals surface area (Å²) in [5.74, 6) is -1.27. The molecule has 0 saturated heterocycles. The molecule has 0 aromatic carbocycles. The average molecular weight is 1620 g/mol. The predicted molar refractivity (Wildman–Crippen MR) is 504 cm³/mol. The first-order valence-electron chi connectivity index (χ1n) is 50.0. The van der Waals surface area contributed by atoms with Gasteiger partial charge in [0.1, 0.15) is 0 Å². The highest BCUT2D eigenvalue weighted by atomic mass is 16.5. The lowest BCUT2D eigenvalue weighted by Gasteiger charge is -2.05. The maximum atomic E-state index is 11.2. The van der Waals surface area contributed by atoms with Crippen molar-refractivity contribution in [3.8, 4) is 0 Å². The second-order valence-corrected chi connectivity index (χ2v) is 34.3. The molecule has 0 rings (SSSR count). The molecular weight excluding hydrogens is 1420 g/mol. The van der Waals surface area contributed by atoms with Crippen molar-refractivity contribution in [1.82, 2.24) is 0 Å². The molecule has 680 valence electrons. The smallest absolute Gasteiger partial charge is 0.333 e. The summed E-state index contributed by atoms with van der Waals surface area (Å²) in [4.78, 5) is 55.8. The van der Waals surface area contributed by atoms with E-state index in [2.05, 4.69) is 67.5 Å². The standard InChI is InChI=1S/C23H44O2.C22H42O2.C21H40O2.C20H38O2.C19H36O2/c1-4-5-6-7-8-9-10-11-12-13-14-15-16-17-18-19-20-21-25-23(24)22(2)3;1-4-5-6-7-8-9-10-11-12-13-14-15-16-17-18-19-20-24-22(23)21(2)3;1-4-5-6-7-8-9-10-11-12-13-14-15-16-17-18-19-23-21(22)20(2)3;1-4-5-6-7-8-9-10-11-12-13-14-15-16-17-18-22-20(21)19(2)3;1-4-5-6-7-8-9-10-11-12-13-14-15-16-17-21-19(20)18(2)3/h2,4-21H2,1,3H3;2,4-20H2,1,3H3;2,4-19H2,1,3H3;2,4-18H2,1,3H3;2,4-17H2,1,3H3. The molecule has 0 aromatic heterocycles. The third-order valence-corrected chi connectivity index (χ3v) is 21.6. The Kier molecular flexibility index (Phi) is 110. The van der Waals surface area contributed by atoms with Crippen LogP contribution in [0.5, 0.6) is 0 Å². The summed E-state index contributed by atoms with van der Waals surface area (Å²) in [6, 6.07) is 0. The van der Waals surface area contributed by atoms with Crippen molar-refractivity contribution in [2.24, 2.45) is 0 Å². The van der Waals surface area contributed by atoms with E-state index < -0.39 is 0 Å². The first-order valence-corrected chi connectivity index (χ1v) is 50.0. The van der Waals surface area contributed by atoms with Crippen LogP contribution in [0.25, 0.3) is 0 Å². The first kappa shape index (κ1) is 120. The van der Waals surface area contributed by atoms with Crippen molar-refractivity contribution in [3.05, 3.63) is 60.8 Å². The fraction of sp³-hybridized carbons (Fsp3) is 0.857. The second kappa shape index (κ2) is 106. The van der Waals surface area contributed by atoms with Crippen LogP contribution in [0.4, 0.5) is 0 Å². The van der Waals surface area contributed by atoms with Gasteiger partial charge in [-0.15, -0.1) is 0 Å². The third kappa shape index (κ3) is 114. The molecule has 0 bridgehead atoms. The molecule has 0 saturated carbocycles. The van der Waals surface area contributed by atoms with Gasteiger partial charge in [-0.05, 0) is 66.7 Å². The van der Waals surface area contributed by atoms with Crippen molar-refractivity contribution >= 4 is 29.8 Å². The van der Waals surface area contributed by atoms with Gasteiger partial charge in [-0.25, -0.2) is 24.0 Å². The van der Waals surface area contributed by atoms with Gasteiger partial charge in [0.25, 0.3) is 0 Å². The molecule has 10 nitrogen and oxygen atoms in total. The number of rotatable bonds is 85. The lowest BCUT2D eigenvalue weighted by molar-refractivity contribution is -0.139. The maximum absolute atomic E-state index is 11.2. The van der Waals surface area contributed by atoms with Crippen molar-refractivity contribution in [3.63, 3.8) is 0 Å². The lowest BCUT2D eigenvalue weighted by atomic mass is 10.0. The molecule has 0 heterocycles. The Balaban J connectivity index is -0.000000439. The molecule has 0 fully saturated rings. The highest BCUT2D eigenvalue weighted by Crippen LogP contribution is 2.20. The zero-order chi connectivity index (χ0) is 85.9. The molecule has 0 aliphatic heterocycles. The quantitative estimate of drug-likeness (QED) is 0.0251. The van der Waals surface area contributed by atoms with E-state index in [9.17, 15) is 24.0 Å². The minimum Gasteiger partial charge on any atom is -0.462 e. The van der Waals surface area contributed by atoms with Gasteiger partial charge in [0.2, 0.25) is 0 Å². The minimum atomic E-state index is -0.256. The van der Waals surface area contributed by atoms with Gasteiger partial charge >= 0.3 is 29.8 Å². The fourth-order valence-corrected chi connectivity index (χ4v) is 13.8. The number of esters is 5. The summed E-state index contributed by atoms with van der Waals surface area (Å²) in [5, 5.41) is 0. The van der Waals surface area contributed by atoms with Crippen molar-refractivity contribution in [1.29, 1.82) is 0 Å². The van der Waals surface area contributed by atoms with Gasteiger partial charge in [-0.3, -0.25) is 0 Å². The van der Waals surface area contributed by atoms with E-state index in [0.717, 1.165) is 32.1 Å². The summed E-state index contributed by atoms with van der Waals surface area (Å²) in [5.41, 5.74) is 2.46. The Bertz CT molecular complexity index is 2090. The molecule has 0 aliphatic rings. The van der Waals surface area contributed by atoms with Crippen LogP contribution >= 0.6 is 0 Å². The van der Waals surface area contributed by atoms with Crippen molar-refractivity contribution in [2.45, 2.75) is 551 Å². The van der Waals surface area contributed by atoms with E-state index in [4.69, 9.17) is 23.7 Å². The number of hydrogen-bond acceptors (Lipinski definition) is 10. The van der Waals surface area contributed by atoms with Gasteiger partial charge in [-0.1, -0.05) is 517 Å². The summed E-state index contributed by atoms with van der Waals surface area (Å²) in [6.07, 6.45) is 101. The topological polar surface area (TPSA) is 132 Å². The molecule has 0 aromatic rings. The SMILES string of the molecule is C=C(C)C(=O)OCCCCCCCCCCCCCCC.C=C(C)C(=O)OCCCCCCCCCCCCCCCC.C=C(C)C(=O)OCCCCCCCCCCCCCCCCC.C=C(C)C(=O)OCCCCCCCCCCCCCCCCCC.C=C(C)C(=O)OCCCCCCCCCCCCCCCCCCC. The molecule has 0 atom stereocenters. The first-order chi connectivity index (χ1) is 55.9. The Hall–Kier alpha value is -3.95. The number of carbonyl (C=O) groups is 5. The Morgan fingerprint density at radius 1 is 0.139 bits per heavy atom. The Morgan fingerprint density at radius 3 is 0.278 bits per heavy atom. The highest BCUT2D eigenvalue weighted by molar-refractivity contribution is 5.88. The van der Waals surface area contributed by atoms with E-state index in [-0.39, 0.29) is 29.8 Å². The Labute approximate surface area is 718 Å². The fourth-order valence-electron chi connectivity index (χ4n) is 13.8. The van der Waals surface area contributed by atoms with Gasteiger partial charge in [0.15, 0.2) is 0 Å². The largest absolute Gasteiger partial charge is 0.462 e. The van der Waals surface area contributed by atoms with Crippen molar-refractivity contribution < 1.29 is 47.7 Å². The average Bonchev–Trinajstić information content (AvgIpc) is 1.05. The van der Waals surface area contributed by atoms with E-state index >= 15 is 0 Å². The minimum absolute atomic E-state index is 0.253. The van der Waals surface area contributed by atoms with Crippen LogP contribution in [0.15, 0.2) is 60.8 Å². The summed E-state index contributed by atoms with van der Waals surface area (Å²) in [6.45, 7) is 40.4. The van der Waals surface area contributed by atoms with E-state index in [1.54, 1.807) is 34.6 Å². The Morgan fingerprint density at radius 2 is 0.209 bits per heavy atom. The van der Waals surface area contributed by atoms with Crippen LogP contribution in [0.1, 0.15) is 551 Å². The monoisotopic (exact) mass is 1620 g/mol. The number of hydrogen-bond donors (Lipinski definition) is 0. The molecule has 115 heavy (non-hydrogen) atoms. The zero-order valence-electron chi connectivity index (χ0n) is 79.2. The zero-order valence-corrected chi connectivity index (χ0v) is 79.2. The number of ether oxygens (including phenoxy) is 5. The predicted octanol–water partition coefficient (Wildman–Crippen LogP) is 34.9. The molecule has 0 aliphatic carbocycles.